The third-order valence-corrected chi connectivity index (χ3v) is 7.77. The molecule has 0 spiro atoms. The van der Waals surface area contributed by atoms with Crippen molar-refractivity contribution in [2.45, 2.75) is 34.5 Å². The lowest BCUT2D eigenvalue weighted by atomic mass is 10.2. The summed E-state index contributed by atoms with van der Waals surface area (Å²) in [5.41, 5.74) is 2.07. The van der Waals surface area contributed by atoms with Gasteiger partial charge < -0.3 is 8.98 Å². The van der Waals surface area contributed by atoms with Crippen LogP contribution in [0.5, 0.6) is 0 Å². The summed E-state index contributed by atoms with van der Waals surface area (Å²) < 4.78 is 10.3. The molecule has 0 saturated carbocycles. The Kier molecular flexibility index (Phi) is 6.06. The molecule has 31 heavy (non-hydrogen) atoms. The van der Waals surface area contributed by atoms with Crippen LogP contribution in [0.3, 0.4) is 0 Å². The summed E-state index contributed by atoms with van der Waals surface area (Å²) in [4.78, 5) is 9.10. The van der Waals surface area contributed by atoms with Crippen molar-refractivity contribution >= 4 is 45.1 Å². The Morgan fingerprint density at radius 1 is 0.968 bits per heavy atom. The van der Waals surface area contributed by atoms with E-state index >= 15 is 0 Å². The van der Waals surface area contributed by atoms with Crippen LogP contribution in [0.15, 0.2) is 74.7 Å². The summed E-state index contributed by atoms with van der Waals surface area (Å²) in [7, 11) is 0. The Bertz CT molecular complexity index is 1260. The smallest absolute Gasteiger partial charge is 0.205 e. The van der Waals surface area contributed by atoms with Gasteiger partial charge in [-0.2, -0.15) is 0 Å². The molecule has 0 atom stereocenters. The molecule has 0 aliphatic carbocycles. The molecule has 0 aliphatic heterocycles. The van der Waals surface area contributed by atoms with E-state index in [0.717, 1.165) is 44.5 Å². The standard InChI is InChI=1S/C22H19N5OS3/c1-2-27-19(13-30-22-24-16-10-6-7-11-18(16)31-22)25-26-21(27)29-14-20-23-12-17(28-20)15-8-4-3-5-9-15/h3-12H,2,13-14H2,1H3. The molecule has 5 aromatic rings. The van der Waals surface area contributed by atoms with Crippen molar-refractivity contribution in [1.82, 2.24) is 24.7 Å². The number of hydrogen-bond donors (Lipinski definition) is 0. The lowest BCUT2D eigenvalue weighted by molar-refractivity contribution is 0.529. The number of rotatable bonds is 8. The van der Waals surface area contributed by atoms with E-state index in [1.54, 1.807) is 41.1 Å². The van der Waals surface area contributed by atoms with Crippen molar-refractivity contribution < 1.29 is 4.42 Å². The third kappa shape index (κ3) is 4.53. The number of para-hydroxylation sites is 1. The minimum absolute atomic E-state index is 0.607. The van der Waals surface area contributed by atoms with Gasteiger partial charge in [0, 0.05) is 12.1 Å². The van der Waals surface area contributed by atoms with E-state index in [9.17, 15) is 0 Å². The first kappa shape index (κ1) is 20.3. The van der Waals surface area contributed by atoms with E-state index in [4.69, 9.17) is 9.40 Å². The largest absolute Gasteiger partial charge is 0.440 e. The number of fused-ring (bicyclic) bond motifs is 1. The van der Waals surface area contributed by atoms with Crippen LogP contribution in [0.4, 0.5) is 0 Å². The lowest BCUT2D eigenvalue weighted by Crippen LogP contribution is -2.02. The Balaban J connectivity index is 1.24. The monoisotopic (exact) mass is 465 g/mol. The average Bonchev–Trinajstić information content (AvgIpc) is 3.54. The SMILES string of the molecule is CCn1c(CSc2nc3ccccc3s2)nnc1SCc1ncc(-c2ccccc2)o1. The molecule has 0 aliphatic rings. The highest BCUT2D eigenvalue weighted by Gasteiger charge is 2.15. The lowest BCUT2D eigenvalue weighted by Gasteiger charge is -2.05. The van der Waals surface area contributed by atoms with Crippen LogP contribution >= 0.6 is 34.9 Å². The van der Waals surface area contributed by atoms with Crippen LogP contribution in [-0.4, -0.2) is 24.7 Å². The van der Waals surface area contributed by atoms with Gasteiger partial charge in [-0.15, -0.1) is 21.5 Å². The molecular weight excluding hydrogens is 446 g/mol. The van der Waals surface area contributed by atoms with Crippen molar-refractivity contribution in [3.63, 3.8) is 0 Å². The Morgan fingerprint density at radius 2 is 1.81 bits per heavy atom. The predicted octanol–water partition coefficient (Wildman–Crippen LogP) is 6.15. The number of hydrogen-bond acceptors (Lipinski definition) is 8. The van der Waals surface area contributed by atoms with Gasteiger partial charge in [0.25, 0.3) is 0 Å². The van der Waals surface area contributed by atoms with Crippen LogP contribution in [-0.2, 0) is 18.1 Å². The molecular formula is C22H19N5OS3. The second-order valence-corrected chi connectivity index (χ2v) is 9.85. The molecule has 0 N–H and O–H groups in total. The summed E-state index contributed by atoms with van der Waals surface area (Å²) in [5, 5.41) is 9.69. The summed E-state index contributed by atoms with van der Waals surface area (Å²) in [6, 6.07) is 18.2. The third-order valence-electron chi connectivity index (χ3n) is 4.65. The summed E-state index contributed by atoms with van der Waals surface area (Å²) >= 11 is 5.01. The fourth-order valence-electron chi connectivity index (χ4n) is 3.13. The molecule has 9 heteroatoms. The maximum absolute atomic E-state index is 5.91. The number of oxazole rings is 1. The zero-order valence-electron chi connectivity index (χ0n) is 16.8. The van der Waals surface area contributed by atoms with E-state index in [1.807, 2.05) is 48.5 Å². The molecule has 0 bridgehead atoms. The minimum Gasteiger partial charge on any atom is -0.440 e. The van der Waals surface area contributed by atoms with Gasteiger partial charge in [0.2, 0.25) is 5.89 Å². The van der Waals surface area contributed by atoms with Gasteiger partial charge >= 0.3 is 0 Å². The molecule has 156 valence electrons. The number of benzene rings is 2. The van der Waals surface area contributed by atoms with Gasteiger partial charge in [-0.3, -0.25) is 0 Å². The first-order chi connectivity index (χ1) is 15.3. The number of thiazole rings is 1. The Hall–Kier alpha value is -2.62. The first-order valence-corrected chi connectivity index (χ1v) is 12.6. The fraction of sp³-hybridized carbons (Fsp3) is 0.182. The second-order valence-electron chi connectivity index (χ2n) is 6.65. The fourth-order valence-corrected chi connectivity index (χ4v) is 6.01. The van der Waals surface area contributed by atoms with Gasteiger partial charge in [-0.25, -0.2) is 9.97 Å². The predicted molar refractivity (Wildman–Crippen MR) is 126 cm³/mol. The van der Waals surface area contributed by atoms with Crippen LogP contribution < -0.4 is 0 Å². The number of thioether (sulfide) groups is 2. The normalized spacial score (nSPS) is 11.4. The van der Waals surface area contributed by atoms with Gasteiger partial charge in [0.1, 0.15) is 5.82 Å². The van der Waals surface area contributed by atoms with E-state index in [2.05, 4.69) is 32.7 Å². The molecule has 0 fully saturated rings. The van der Waals surface area contributed by atoms with Crippen molar-refractivity contribution in [2.75, 3.05) is 0 Å². The van der Waals surface area contributed by atoms with E-state index < -0.39 is 0 Å². The zero-order valence-corrected chi connectivity index (χ0v) is 19.2. The number of aromatic nitrogens is 5. The molecule has 0 saturated heterocycles. The highest BCUT2D eigenvalue weighted by atomic mass is 32.2. The van der Waals surface area contributed by atoms with Crippen molar-refractivity contribution in [3.05, 3.63) is 72.5 Å². The van der Waals surface area contributed by atoms with E-state index in [1.165, 1.54) is 4.70 Å². The maximum Gasteiger partial charge on any atom is 0.205 e. The van der Waals surface area contributed by atoms with Crippen LogP contribution in [0.1, 0.15) is 18.6 Å². The highest BCUT2D eigenvalue weighted by Crippen LogP contribution is 2.32. The molecule has 3 heterocycles. The second kappa shape index (κ2) is 9.25. The van der Waals surface area contributed by atoms with E-state index in [0.29, 0.717) is 11.6 Å². The topological polar surface area (TPSA) is 69.6 Å². The molecule has 0 amide bonds. The molecule has 2 aromatic carbocycles. The average molecular weight is 466 g/mol. The minimum atomic E-state index is 0.607. The molecule has 6 nitrogen and oxygen atoms in total. The van der Waals surface area contributed by atoms with Gasteiger partial charge in [-0.05, 0) is 19.1 Å². The Morgan fingerprint density at radius 3 is 2.65 bits per heavy atom. The van der Waals surface area contributed by atoms with Gasteiger partial charge in [-0.1, -0.05) is 66.0 Å². The summed E-state index contributed by atoms with van der Waals surface area (Å²) in [6.45, 7) is 2.92. The van der Waals surface area contributed by atoms with Crippen LogP contribution in [0.25, 0.3) is 21.5 Å². The molecule has 5 rings (SSSR count). The molecule has 3 aromatic heterocycles. The zero-order chi connectivity index (χ0) is 21.0. The first-order valence-electron chi connectivity index (χ1n) is 9.83. The number of nitrogens with zero attached hydrogens (tertiary/aromatic N) is 5. The van der Waals surface area contributed by atoms with Crippen LogP contribution in [0.2, 0.25) is 0 Å². The summed E-state index contributed by atoms with van der Waals surface area (Å²) in [5.74, 6) is 3.75. The van der Waals surface area contributed by atoms with Crippen molar-refractivity contribution in [1.29, 1.82) is 0 Å². The van der Waals surface area contributed by atoms with Crippen LogP contribution in [0, 0.1) is 0 Å². The molecule has 0 radical (unpaired) electrons. The quantitative estimate of drug-likeness (QED) is 0.255. The van der Waals surface area contributed by atoms with Gasteiger partial charge in [0.05, 0.1) is 27.9 Å². The molecule has 0 unspecified atom stereocenters. The van der Waals surface area contributed by atoms with Crippen molar-refractivity contribution in [3.8, 4) is 11.3 Å². The highest BCUT2D eigenvalue weighted by molar-refractivity contribution is 8.00. The van der Waals surface area contributed by atoms with Gasteiger partial charge in [0.15, 0.2) is 15.3 Å². The van der Waals surface area contributed by atoms with E-state index in [-0.39, 0.29) is 0 Å². The van der Waals surface area contributed by atoms with Crippen molar-refractivity contribution in [2.24, 2.45) is 0 Å². The summed E-state index contributed by atoms with van der Waals surface area (Å²) in [6.07, 6.45) is 1.77. The maximum atomic E-state index is 5.91. The Labute approximate surface area is 192 Å².